The summed E-state index contributed by atoms with van der Waals surface area (Å²) >= 11 is 0. The van der Waals surface area contributed by atoms with E-state index in [1.807, 2.05) is 67.3 Å². The summed E-state index contributed by atoms with van der Waals surface area (Å²) in [5.41, 5.74) is 3.02. The molecule has 2 unspecified atom stereocenters. The van der Waals surface area contributed by atoms with Gasteiger partial charge in [0.15, 0.2) is 12.2 Å². The van der Waals surface area contributed by atoms with Gasteiger partial charge in [-0.15, -0.1) is 0 Å². The number of likely N-dealkylation sites (N-methyl/N-ethyl adjacent to an activating group) is 1. The van der Waals surface area contributed by atoms with Gasteiger partial charge in [0.2, 0.25) is 5.96 Å². The van der Waals surface area contributed by atoms with Gasteiger partial charge in [0.05, 0.1) is 13.2 Å². The van der Waals surface area contributed by atoms with Gasteiger partial charge in [-0.05, 0) is 49.2 Å². The van der Waals surface area contributed by atoms with Crippen molar-refractivity contribution in [2.24, 2.45) is 4.99 Å². The van der Waals surface area contributed by atoms with Crippen LogP contribution < -0.4 is 9.64 Å². The third-order valence-electron chi connectivity index (χ3n) is 6.43. The molecule has 8 nitrogen and oxygen atoms in total. The van der Waals surface area contributed by atoms with E-state index in [4.69, 9.17) is 9.73 Å². The van der Waals surface area contributed by atoms with Crippen molar-refractivity contribution in [3.8, 4) is 5.75 Å². The minimum Gasteiger partial charge on any atom is -0.494 e. The third kappa shape index (κ3) is 3.18. The Balaban J connectivity index is 1.40. The van der Waals surface area contributed by atoms with E-state index in [0.29, 0.717) is 13.2 Å². The van der Waals surface area contributed by atoms with Crippen molar-refractivity contribution in [3.05, 3.63) is 59.7 Å². The maximum atomic E-state index is 13.5. The van der Waals surface area contributed by atoms with Crippen molar-refractivity contribution >= 4 is 23.6 Å². The first kappa shape index (κ1) is 20.4. The number of fused-ring (bicyclic) bond motifs is 3. The fourth-order valence-electron chi connectivity index (χ4n) is 4.67. The van der Waals surface area contributed by atoms with Crippen LogP contribution in [0.25, 0.3) is 0 Å². The van der Waals surface area contributed by atoms with Gasteiger partial charge in [-0.2, -0.15) is 0 Å². The Kier molecular flexibility index (Phi) is 5.00. The van der Waals surface area contributed by atoms with Crippen LogP contribution in [0, 0.1) is 6.92 Å². The molecule has 0 saturated carbocycles. The second-order valence-corrected chi connectivity index (χ2v) is 8.30. The summed E-state index contributed by atoms with van der Waals surface area (Å²) < 4.78 is 5.54. The molecule has 0 spiro atoms. The summed E-state index contributed by atoms with van der Waals surface area (Å²) in [5.74, 6) is 1.38. The Labute approximate surface area is 187 Å². The van der Waals surface area contributed by atoms with Crippen LogP contribution in [0.3, 0.4) is 0 Å². The van der Waals surface area contributed by atoms with Gasteiger partial charge in [-0.1, -0.05) is 24.3 Å². The Morgan fingerprint density at radius 2 is 1.81 bits per heavy atom. The van der Waals surface area contributed by atoms with E-state index in [9.17, 15) is 9.59 Å². The lowest BCUT2D eigenvalue weighted by Crippen LogP contribution is -2.64. The highest BCUT2D eigenvalue weighted by Crippen LogP contribution is 2.34. The van der Waals surface area contributed by atoms with Crippen LogP contribution in [0.4, 0.5) is 10.5 Å². The second kappa shape index (κ2) is 7.85. The van der Waals surface area contributed by atoms with E-state index in [1.54, 1.807) is 11.9 Å². The van der Waals surface area contributed by atoms with Crippen molar-refractivity contribution in [3.63, 3.8) is 0 Å². The van der Waals surface area contributed by atoms with Crippen LogP contribution in [0.2, 0.25) is 0 Å². The topological polar surface area (TPSA) is 68.7 Å². The average Bonchev–Trinajstić information content (AvgIpc) is 3.37. The van der Waals surface area contributed by atoms with Crippen LogP contribution in [-0.4, -0.2) is 71.5 Å². The second-order valence-electron chi connectivity index (χ2n) is 8.30. The van der Waals surface area contributed by atoms with Gasteiger partial charge in [0.1, 0.15) is 5.75 Å². The first-order chi connectivity index (χ1) is 15.5. The number of ether oxygens (including phenoxy) is 1. The maximum absolute atomic E-state index is 13.5. The number of nitrogens with zero attached hydrogens (tertiary/aromatic N) is 5. The van der Waals surface area contributed by atoms with E-state index in [-0.39, 0.29) is 18.5 Å². The van der Waals surface area contributed by atoms with Crippen LogP contribution in [0.15, 0.2) is 53.5 Å². The molecular weight excluding hydrogens is 406 g/mol. The van der Waals surface area contributed by atoms with E-state index in [2.05, 4.69) is 4.90 Å². The number of guanidine groups is 1. The Morgan fingerprint density at radius 3 is 2.53 bits per heavy atom. The number of amides is 3. The van der Waals surface area contributed by atoms with Crippen molar-refractivity contribution < 1.29 is 14.3 Å². The summed E-state index contributed by atoms with van der Waals surface area (Å²) in [4.78, 5) is 38.5. The molecule has 0 radical (unpaired) electrons. The first-order valence-corrected chi connectivity index (χ1v) is 11.0. The molecule has 5 rings (SSSR count). The molecule has 0 aromatic heterocycles. The van der Waals surface area contributed by atoms with Gasteiger partial charge in [0.25, 0.3) is 5.91 Å². The third-order valence-corrected chi connectivity index (χ3v) is 6.43. The fourth-order valence-corrected chi connectivity index (χ4v) is 4.67. The van der Waals surface area contributed by atoms with Crippen LogP contribution in [0.5, 0.6) is 5.75 Å². The predicted molar refractivity (Wildman–Crippen MR) is 122 cm³/mol. The standard InChI is InChI=1S/C24H27N5O3/c1-4-32-19-11-9-18(10-12-19)27-13-14-28-20-21(25-23(27)28)26(3)24(31)29(22(20)30)15-17-8-6-5-7-16(17)2/h5-12,20-21H,4,13-15H2,1-3H3. The van der Waals surface area contributed by atoms with Gasteiger partial charge >= 0.3 is 6.03 Å². The monoisotopic (exact) mass is 433 g/mol. The number of benzene rings is 2. The molecule has 2 aromatic carbocycles. The Bertz CT molecular complexity index is 1080. The molecule has 3 amide bonds. The average molecular weight is 434 g/mol. The number of imide groups is 1. The molecule has 3 aliphatic rings. The zero-order valence-electron chi connectivity index (χ0n) is 18.6. The van der Waals surface area contributed by atoms with E-state index < -0.39 is 12.2 Å². The smallest absolute Gasteiger partial charge is 0.328 e. The molecule has 166 valence electrons. The lowest BCUT2D eigenvalue weighted by atomic mass is 10.1. The first-order valence-electron chi connectivity index (χ1n) is 11.0. The molecule has 3 aliphatic heterocycles. The quantitative estimate of drug-likeness (QED) is 0.725. The van der Waals surface area contributed by atoms with E-state index in [0.717, 1.165) is 35.1 Å². The summed E-state index contributed by atoms with van der Waals surface area (Å²) in [5, 5.41) is 0. The molecule has 0 aliphatic carbocycles. The minimum absolute atomic E-state index is 0.186. The van der Waals surface area contributed by atoms with Gasteiger partial charge in [-0.25, -0.2) is 9.79 Å². The lowest BCUT2D eigenvalue weighted by molar-refractivity contribution is -0.137. The molecule has 2 fully saturated rings. The van der Waals surface area contributed by atoms with Crippen LogP contribution in [0.1, 0.15) is 18.1 Å². The number of urea groups is 1. The number of hydrogen-bond acceptors (Lipinski definition) is 6. The highest BCUT2D eigenvalue weighted by Gasteiger charge is 2.54. The molecule has 0 bridgehead atoms. The lowest BCUT2D eigenvalue weighted by Gasteiger charge is -2.40. The van der Waals surface area contributed by atoms with Gasteiger partial charge < -0.3 is 19.4 Å². The fraction of sp³-hybridized carbons (Fsp3) is 0.375. The molecule has 2 saturated heterocycles. The summed E-state index contributed by atoms with van der Waals surface area (Å²) in [7, 11) is 1.73. The normalized spacial score (nSPS) is 22.3. The van der Waals surface area contributed by atoms with Crippen molar-refractivity contribution in [2.75, 3.05) is 31.6 Å². The largest absolute Gasteiger partial charge is 0.494 e. The SMILES string of the molecule is CCOc1ccc(N2CCN3C2=NC2C3C(=O)N(Cc3ccccc3C)C(=O)N2C)cc1. The number of carbonyl (C=O) groups excluding carboxylic acids is 2. The number of hydrogen-bond donors (Lipinski definition) is 0. The molecular formula is C24H27N5O3. The van der Waals surface area contributed by atoms with Gasteiger partial charge in [0, 0.05) is 25.8 Å². The molecule has 8 heteroatoms. The number of carbonyl (C=O) groups is 2. The van der Waals surface area contributed by atoms with Gasteiger partial charge in [-0.3, -0.25) is 9.69 Å². The van der Waals surface area contributed by atoms with Crippen molar-refractivity contribution in [1.82, 2.24) is 14.7 Å². The maximum Gasteiger partial charge on any atom is 0.328 e. The highest BCUT2D eigenvalue weighted by molar-refractivity contribution is 6.08. The van der Waals surface area contributed by atoms with E-state index >= 15 is 0 Å². The van der Waals surface area contributed by atoms with E-state index in [1.165, 1.54) is 4.90 Å². The molecule has 32 heavy (non-hydrogen) atoms. The van der Waals surface area contributed by atoms with Crippen molar-refractivity contribution in [1.29, 1.82) is 0 Å². The Morgan fingerprint density at radius 1 is 1.06 bits per heavy atom. The number of aryl methyl sites for hydroxylation is 1. The summed E-state index contributed by atoms with van der Waals surface area (Å²) in [6, 6.07) is 14.9. The predicted octanol–water partition coefficient (Wildman–Crippen LogP) is 2.67. The minimum atomic E-state index is -0.511. The summed E-state index contributed by atoms with van der Waals surface area (Å²) in [6.07, 6.45) is -0.511. The zero-order chi connectivity index (χ0) is 22.4. The molecule has 2 atom stereocenters. The van der Waals surface area contributed by atoms with Crippen LogP contribution in [-0.2, 0) is 11.3 Å². The molecule has 0 N–H and O–H groups in total. The number of anilines is 1. The summed E-state index contributed by atoms with van der Waals surface area (Å²) in [6.45, 7) is 6.25. The zero-order valence-corrected chi connectivity index (χ0v) is 18.6. The number of rotatable bonds is 5. The highest BCUT2D eigenvalue weighted by atomic mass is 16.5. The molecule has 2 aromatic rings. The van der Waals surface area contributed by atoms with Crippen LogP contribution >= 0.6 is 0 Å². The molecule has 3 heterocycles. The number of aliphatic imine (C=N–C) groups is 1. The van der Waals surface area contributed by atoms with Crippen molar-refractivity contribution in [2.45, 2.75) is 32.6 Å². The Hall–Kier alpha value is -3.55.